The molecule has 0 atom stereocenters. The smallest absolute Gasteiger partial charge is 0.246 e. The molecule has 0 unspecified atom stereocenters. The van der Waals surface area contributed by atoms with Crippen LogP contribution in [0, 0.1) is 0 Å². The first kappa shape index (κ1) is 18.8. The van der Waals surface area contributed by atoms with Crippen molar-refractivity contribution >= 4 is 5.91 Å². The number of rotatable bonds is 3. The van der Waals surface area contributed by atoms with E-state index in [1.807, 2.05) is 33.0 Å². The van der Waals surface area contributed by atoms with E-state index in [9.17, 15) is 4.79 Å². The van der Waals surface area contributed by atoms with Crippen molar-refractivity contribution in [2.75, 3.05) is 27.7 Å². The van der Waals surface area contributed by atoms with Crippen molar-refractivity contribution in [1.29, 1.82) is 0 Å². The highest BCUT2D eigenvalue weighted by Gasteiger charge is 1.96. The molecule has 0 spiro atoms. The second-order valence-electron chi connectivity index (χ2n) is 3.38. The van der Waals surface area contributed by atoms with Crippen LogP contribution in [0.5, 0.6) is 0 Å². The number of hydrogen-bond donors (Lipinski definition) is 2. The molecule has 4 heteroatoms. The molecule has 0 radical (unpaired) electrons. The third-order valence-corrected chi connectivity index (χ3v) is 0.923. The van der Waals surface area contributed by atoms with E-state index in [4.69, 9.17) is 0 Å². The molecule has 0 bridgehead atoms. The van der Waals surface area contributed by atoms with E-state index in [2.05, 4.69) is 11.9 Å². The Balaban J connectivity index is -0.000000209. The number of amides is 1. The van der Waals surface area contributed by atoms with Crippen LogP contribution in [0.15, 0.2) is 12.2 Å². The molecule has 4 nitrogen and oxygen atoms in total. The molecule has 0 aromatic heterocycles. The number of carbonyl (C=O) groups excluding carboxylic acids is 1. The van der Waals surface area contributed by atoms with Crippen LogP contribution in [0.4, 0.5) is 0 Å². The van der Waals surface area contributed by atoms with Gasteiger partial charge >= 0.3 is 0 Å². The fourth-order valence-electron chi connectivity index (χ4n) is 0.389. The van der Waals surface area contributed by atoms with E-state index >= 15 is 0 Å². The number of nitrogens with one attached hydrogen (secondary N) is 1. The summed E-state index contributed by atoms with van der Waals surface area (Å²) < 4.78 is 0. The molecule has 0 heterocycles. The fourth-order valence-corrected chi connectivity index (χ4v) is 0.389. The Kier molecular flexibility index (Phi) is 16.3. The highest BCUT2D eigenvalue weighted by atomic mass is 16.1. The normalized spacial score (nSPS) is 8.14. The van der Waals surface area contributed by atoms with E-state index < -0.39 is 0 Å². The largest absolute Gasteiger partial charge is 0.352 e. The van der Waals surface area contributed by atoms with Crippen molar-refractivity contribution in [2.24, 2.45) is 0 Å². The third kappa shape index (κ3) is 22.5. The van der Waals surface area contributed by atoms with Crippen LogP contribution >= 0.6 is 0 Å². The van der Waals surface area contributed by atoms with E-state index in [1.165, 1.54) is 0 Å². The van der Waals surface area contributed by atoms with Crippen molar-refractivity contribution in [3.63, 3.8) is 0 Å². The average molecular weight is 203 g/mol. The molecule has 14 heavy (non-hydrogen) atoms. The van der Waals surface area contributed by atoms with Gasteiger partial charge in [0.2, 0.25) is 5.91 Å². The lowest BCUT2D eigenvalue weighted by Crippen LogP contribution is -2.24. The third-order valence-electron chi connectivity index (χ3n) is 0.923. The van der Waals surface area contributed by atoms with Crippen LogP contribution in [0.2, 0.25) is 0 Å². The maximum atomic E-state index is 10.7. The van der Waals surface area contributed by atoms with Gasteiger partial charge in [-0.3, -0.25) is 4.79 Å². The Morgan fingerprint density at radius 3 is 1.93 bits per heavy atom. The Labute approximate surface area is 87.9 Å². The van der Waals surface area contributed by atoms with Gasteiger partial charge in [0.15, 0.2) is 0 Å². The quantitative estimate of drug-likeness (QED) is 0.682. The topological polar surface area (TPSA) is 67.3 Å². The Morgan fingerprint density at radius 1 is 1.36 bits per heavy atom. The molecule has 0 aliphatic heterocycles. The SMILES string of the molecule is C=C(C)C(=O)NCCC.CN(C)C.N. The van der Waals surface area contributed by atoms with Gasteiger partial charge in [-0.05, 0) is 34.5 Å². The first-order valence-corrected chi connectivity index (χ1v) is 4.46. The minimum absolute atomic E-state index is 0. The van der Waals surface area contributed by atoms with Crippen LogP contribution in [0.3, 0.4) is 0 Å². The molecule has 0 aliphatic rings. The molecule has 86 valence electrons. The Morgan fingerprint density at radius 2 is 1.71 bits per heavy atom. The lowest BCUT2D eigenvalue weighted by atomic mass is 10.3. The van der Waals surface area contributed by atoms with Crippen molar-refractivity contribution in [3.05, 3.63) is 12.2 Å². The molecular weight excluding hydrogens is 178 g/mol. The van der Waals surface area contributed by atoms with E-state index in [0.29, 0.717) is 5.57 Å². The predicted octanol–water partition coefficient (Wildman–Crippen LogP) is 1.43. The van der Waals surface area contributed by atoms with Gasteiger partial charge in [0.1, 0.15) is 0 Å². The zero-order chi connectivity index (χ0) is 10.9. The minimum atomic E-state index is -0.0446. The molecule has 0 aromatic carbocycles. The maximum Gasteiger partial charge on any atom is 0.246 e. The van der Waals surface area contributed by atoms with Crippen LogP contribution in [0.25, 0.3) is 0 Å². The van der Waals surface area contributed by atoms with Gasteiger partial charge in [-0.2, -0.15) is 0 Å². The lowest BCUT2D eigenvalue weighted by Gasteiger charge is -1.99. The first-order valence-electron chi connectivity index (χ1n) is 4.46. The van der Waals surface area contributed by atoms with E-state index in [-0.39, 0.29) is 12.1 Å². The van der Waals surface area contributed by atoms with Crippen molar-refractivity contribution in [2.45, 2.75) is 20.3 Å². The van der Waals surface area contributed by atoms with Crippen molar-refractivity contribution in [1.82, 2.24) is 16.4 Å². The monoisotopic (exact) mass is 203 g/mol. The first-order chi connectivity index (χ1) is 5.91. The van der Waals surface area contributed by atoms with Gasteiger partial charge in [-0.25, -0.2) is 0 Å². The lowest BCUT2D eigenvalue weighted by molar-refractivity contribution is -0.117. The second-order valence-corrected chi connectivity index (χ2v) is 3.38. The van der Waals surface area contributed by atoms with Gasteiger partial charge in [-0.1, -0.05) is 13.5 Å². The van der Waals surface area contributed by atoms with Crippen LogP contribution in [0.1, 0.15) is 20.3 Å². The average Bonchev–Trinajstić information content (AvgIpc) is 1.98. The maximum absolute atomic E-state index is 10.7. The summed E-state index contributed by atoms with van der Waals surface area (Å²) in [7, 11) is 6.00. The summed E-state index contributed by atoms with van der Waals surface area (Å²) >= 11 is 0. The molecule has 0 saturated heterocycles. The van der Waals surface area contributed by atoms with E-state index in [1.54, 1.807) is 6.92 Å². The molecule has 0 saturated carbocycles. The highest BCUT2D eigenvalue weighted by molar-refractivity contribution is 5.91. The highest BCUT2D eigenvalue weighted by Crippen LogP contribution is 1.84. The van der Waals surface area contributed by atoms with Crippen LogP contribution in [-0.4, -0.2) is 38.5 Å². The van der Waals surface area contributed by atoms with Gasteiger partial charge in [0.25, 0.3) is 0 Å². The van der Waals surface area contributed by atoms with Crippen LogP contribution < -0.4 is 11.5 Å². The van der Waals surface area contributed by atoms with Crippen molar-refractivity contribution in [3.8, 4) is 0 Å². The standard InChI is InChI=1S/C7H13NO.C3H9N.H3N/c1-4-5-8-7(9)6(2)3;1-4(2)3;/h2,4-5H2,1,3H3,(H,8,9);1-3H3;1H3. The number of hydrogen-bond acceptors (Lipinski definition) is 3. The van der Waals surface area contributed by atoms with E-state index in [0.717, 1.165) is 13.0 Å². The summed E-state index contributed by atoms with van der Waals surface area (Å²) in [6, 6.07) is 0. The summed E-state index contributed by atoms with van der Waals surface area (Å²) in [6.45, 7) is 7.95. The van der Waals surface area contributed by atoms with Gasteiger partial charge in [0.05, 0.1) is 0 Å². The summed E-state index contributed by atoms with van der Waals surface area (Å²) in [4.78, 5) is 12.7. The summed E-state index contributed by atoms with van der Waals surface area (Å²) in [5.41, 5.74) is 0.573. The Hall–Kier alpha value is -0.870. The summed E-state index contributed by atoms with van der Waals surface area (Å²) in [5, 5.41) is 2.69. The molecule has 0 fully saturated rings. The summed E-state index contributed by atoms with van der Waals surface area (Å²) in [6.07, 6.45) is 0.971. The summed E-state index contributed by atoms with van der Waals surface area (Å²) in [5.74, 6) is -0.0446. The Bertz CT molecular complexity index is 153. The van der Waals surface area contributed by atoms with Gasteiger partial charge in [-0.15, -0.1) is 0 Å². The second kappa shape index (κ2) is 12.1. The van der Waals surface area contributed by atoms with Gasteiger partial charge < -0.3 is 16.4 Å². The molecule has 4 N–H and O–H groups in total. The number of nitrogens with zero attached hydrogens (tertiary/aromatic N) is 1. The van der Waals surface area contributed by atoms with Crippen molar-refractivity contribution < 1.29 is 4.79 Å². The molecule has 0 aromatic rings. The number of carbonyl (C=O) groups is 1. The zero-order valence-corrected chi connectivity index (χ0v) is 10.2. The molecule has 0 rings (SSSR count). The molecular formula is C10H25N3O. The van der Waals surface area contributed by atoms with Gasteiger partial charge in [0, 0.05) is 12.1 Å². The molecule has 0 aliphatic carbocycles. The zero-order valence-electron chi connectivity index (χ0n) is 10.2. The van der Waals surface area contributed by atoms with Crippen LogP contribution in [-0.2, 0) is 4.79 Å². The minimum Gasteiger partial charge on any atom is -0.352 e. The fraction of sp³-hybridized carbons (Fsp3) is 0.700. The molecule has 1 amide bonds. The predicted molar refractivity (Wildman–Crippen MR) is 62.7 cm³/mol.